The number of nitrogens with two attached hydrogens (primary N) is 1. The Labute approximate surface area is 65.3 Å². The average Bonchev–Trinajstić information content (AvgIpc) is 2.37. The third-order valence-electron chi connectivity index (χ3n) is 1.32. The summed E-state index contributed by atoms with van der Waals surface area (Å²) in [5, 5.41) is 0. The van der Waals surface area contributed by atoms with Crippen molar-refractivity contribution in [1.29, 1.82) is 0 Å². The summed E-state index contributed by atoms with van der Waals surface area (Å²) < 4.78 is 22.4. The van der Waals surface area contributed by atoms with Crippen molar-refractivity contribution in [3.8, 4) is 0 Å². The number of sulfone groups is 1. The second kappa shape index (κ2) is 3.06. The Morgan fingerprint density at radius 1 is 1.55 bits per heavy atom. The third-order valence-corrected chi connectivity index (χ3v) is 3.06. The molecule has 3 N–H and O–H groups in total. The van der Waals surface area contributed by atoms with Crippen molar-refractivity contribution in [1.82, 2.24) is 4.98 Å². The molecule has 5 heteroatoms. The van der Waals surface area contributed by atoms with Crippen LogP contribution < -0.4 is 5.73 Å². The second-order valence-electron chi connectivity index (χ2n) is 2.15. The highest BCUT2D eigenvalue weighted by Gasteiger charge is 2.12. The molecule has 11 heavy (non-hydrogen) atoms. The maximum absolute atomic E-state index is 11.2. The Balaban J connectivity index is 2.92. The summed E-state index contributed by atoms with van der Waals surface area (Å²) in [5.74, 6) is 0.00481. The van der Waals surface area contributed by atoms with Gasteiger partial charge in [-0.3, -0.25) is 0 Å². The minimum Gasteiger partial charge on any atom is -0.366 e. The summed E-state index contributed by atoms with van der Waals surface area (Å²) in [6, 6.07) is 1.52. The Kier molecular flexibility index (Phi) is 2.31. The van der Waals surface area contributed by atoms with Crippen LogP contribution >= 0.6 is 0 Å². The molecule has 62 valence electrons. The molecule has 1 heterocycles. The summed E-state index contributed by atoms with van der Waals surface area (Å²) in [6.45, 7) is 0.160. The van der Waals surface area contributed by atoms with Crippen LogP contribution in [0.5, 0.6) is 0 Å². The Bertz CT molecular complexity index is 301. The first-order chi connectivity index (χ1) is 5.17. The highest BCUT2D eigenvalue weighted by atomic mass is 32.2. The lowest BCUT2D eigenvalue weighted by Gasteiger charge is -1.96. The van der Waals surface area contributed by atoms with Crippen LogP contribution in [0.4, 0.5) is 0 Å². The first-order valence-corrected chi connectivity index (χ1v) is 4.87. The van der Waals surface area contributed by atoms with Gasteiger partial charge in [0.1, 0.15) is 0 Å². The third kappa shape index (κ3) is 1.81. The summed E-state index contributed by atoms with van der Waals surface area (Å²) in [4.78, 5) is 2.98. The van der Waals surface area contributed by atoms with E-state index in [1.807, 2.05) is 0 Å². The lowest BCUT2D eigenvalue weighted by atomic mass is 10.7. The smallest absolute Gasteiger partial charge is 0.181 e. The molecule has 0 aromatic carbocycles. The van der Waals surface area contributed by atoms with Crippen molar-refractivity contribution in [3.63, 3.8) is 0 Å². The van der Waals surface area contributed by atoms with Crippen molar-refractivity contribution in [2.75, 3.05) is 12.3 Å². The summed E-state index contributed by atoms with van der Waals surface area (Å²) >= 11 is 0. The van der Waals surface area contributed by atoms with Gasteiger partial charge in [-0.25, -0.2) is 8.42 Å². The molecule has 0 saturated heterocycles. The van der Waals surface area contributed by atoms with Crippen LogP contribution in [-0.2, 0) is 9.84 Å². The lowest BCUT2D eigenvalue weighted by molar-refractivity contribution is 0.596. The van der Waals surface area contributed by atoms with Gasteiger partial charge < -0.3 is 10.7 Å². The van der Waals surface area contributed by atoms with E-state index in [4.69, 9.17) is 5.73 Å². The SMILES string of the molecule is NCCS(=O)(=O)c1cc[nH]c1. The number of hydrogen-bond acceptors (Lipinski definition) is 3. The fourth-order valence-electron chi connectivity index (χ4n) is 0.775. The largest absolute Gasteiger partial charge is 0.366 e. The standard InChI is InChI=1S/C6H10N2O2S/c7-2-4-11(9,10)6-1-3-8-5-6/h1,3,5,8H,2,4,7H2. The van der Waals surface area contributed by atoms with Gasteiger partial charge in [0.2, 0.25) is 0 Å². The van der Waals surface area contributed by atoms with Crippen LogP contribution in [0.1, 0.15) is 0 Å². The van der Waals surface area contributed by atoms with E-state index in [1.165, 1.54) is 12.3 Å². The zero-order chi connectivity index (χ0) is 8.32. The Hall–Kier alpha value is -0.810. The number of aromatic amines is 1. The molecule has 4 nitrogen and oxygen atoms in total. The predicted molar refractivity (Wildman–Crippen MR) is 41.9 cm³/mol. The molecular weight excluding hydrogens is 164 g/mol. The maximum Gasteiger partial charge on any atom is 0.181 e. The van der Waals surface area contributed by atoms with Gasteiger partial charge in [-0.05, 0) is 6.07 Å². The van der Waals surface area contributed by atoms with Gasteiger partial charge in [-0.15, -0.1) is 0 Å². The van der Waals surface area contributed by atoms with Crippen molar-refractivity contribution >= 4 is 9.84 Å². The Morgan fingerprint density at radius 3 is 2.73 bits per heavy atom. The van der Waals surface area contributed by atoms with Crippen LogP contribution in [0.15, 0.2) is 23.4 Å². The molecule has 0 aliphatic heterocycles. The zero-order valence-corrected chi connectivity index (χ0v) is 6.76. The fourth-order valence-corrected chi connectivity index (χ4v) is 1.84. The number of rotatable bonds is 3. The molecule has 0 fully saturated rings. The first kappa shape index (κ1) is 8.29. The van der Waals surface area contributed by atoms with Gasteiger partial charge in [0, 0.05) is 18.9 Å². The van der Waals surface area contributed by atoms with Crippen molar-refractivity contribution in [2.45, 2.75) is 4.90 Å². The first-order valence-electron chi connectivity index (χ1n) is 3.22. The van der Waals surface area contributed by atoms with E-state index in [9.17, 15) is 8.42 Å². The van der Waals surface area contributed by atoms with Gasteiger partial charge in [0.25, 0.3) is 0 Å². The molecule has 1 aromatic rings. The highest BCUT2D eigenvalue weighted by Crippen LogP contribution is 2.07. The lowest BCUT2D eigenvalue weighted by Crippen LogP contribution is -2.15. The van der Waals surface area contributed by atoms with Crippen LogP contribution in [0.3, 0.4) is 0 Å². The molecule has 0 amide bonds. The van der Waals surface area contributed by atoms with Crippen molar-refractivity contribution < 1.29 is 8.42 Å². The molecule has 0 aliphatic carbocycles. The van der Waals surface area contributed by atoms with E-state index in [0.717, 1.165) is 0 Å². The van der Waals surface area contributed by atoms with Crippen molar-refractivity contribution in [2.24, 2.45) is 5.73 Å². The molecule has 1 rings (SSSR count). The van der Waals surface area contributed by atoms with Gasteiger partial charge in [0.05, 0.1) is 10.6 Å². The van der Waals surface area contributed by atoms with Gasteiger partial charge in [0.15, 0.2) is 9.84 Å². The summed E-state index contributed by atoms with van der Waals surface area (Å²) in [6.07, 6.45) is 3.02. The molecular formula is C6H10N2O2S. The minimum atomic E-state index is -3.12. The van der Waals surface area contributed by atoms with Gasteiger partial charge in [-0.1, -0.05) is 0 Å². The number of aromatic nitrogens is 1. The molecule has 0 spiro atoms. The van der Waals surface area contributed by atoms with Crippen molar-refractivity contribution in [3.05, 3.63) is 18.5 Å². The molecule has 0 radical (unpaired) electrons. The number of nitrogens with one attached hydrogen (secondary N) is 1. The second-order valence-corrected chi connectivity index (χ2v) is 4.26. The zero-order valence-electron chi connectivity index (χ0n) is 5.95. The van der Waals surface area contributed by atoms with Crippen LogP contribution in [0.25, 0.3) is 0 Å². The van der Waals surface area contributed by atoms with Crippen LogP contribution in [0, 0.1) is 0 Å². The average molecular weight is 174 g/mol. The normalized spacial score (nSPS) is 11.7. The van der Waals surface area contributed by atoms with E-state index in [2.05, 4.69) is 4.98 Å². The molecule has 1 aromatic heterocycles. The van der Waals surface area contributed by atoms with Crippen LogP contribution in [0.2, 0.25) is 0 Å². The molecule has 0 bridgehead atoms. The number of H-pyrrole nitrogens is 1. The highest BCUT2D eigenvalue weighted by molar-refractivity contribution is 7.91. The molecule has 0 saturated carbocycles. The van der Waals surface area contributed by atoms with Gasteiger partial charge in [-0.2, -0.15) is 0 Å². The van der Waals surface area contributed by atoms with Gasteiger partial charge >= 0.3 is 0 Å². The summed E-state index contributed by atoms with van der Waals surface area (Å²) in [5.41, 5.74) is 5.13. The van der Waals surface area contributed by atoms with E-state index in [-0.39, 0.29) is 12.3 Å². The minimum absolute atomic E-state index is 0.00481. The number of hydrogen-bond donors (Lipinski definition) is 2. The molecule has 0 unspecified atom stereocenters. The molecule has 0 atom stereocenters. The topological polar surface area (TPSA) is 76.0 Å². The molecule has 0 aliphatic rings. The predicted octanol–water partition coefficient (Wildman–Crippen LogP) is -0.253. The monoisotopic (exact) mass is 174 g/mol. The quantitative estimate of drug-likeness (QED) is 0.663. The van der Waals surface area contributed by atoms with E-state index < -0.39 is 9.84 Å². The van der Waals surface area contributed by atoms with E-state index >= 15 is 0 Å². The maximum atomic E-state index is 11.2. The van der Waals surface area contributed by atoms with E-state index in [0.29, 0.717) is 4.90 Å². The van der Waals surface area contributed by atoms with Crippen LogP contribution in [-0.4, -0.2) is 25.7 Å². The van der Waals surface area contributed by atoms with E-state index in [1.54, 1.807) is 6.20 Å². The fraction of sp³-hybridized carbons (Fsp3) is 0.333. The Morgan fingerprint density at radius 2 is 2.27 bits per heavy atom. The summed E-state index contributed by atoms with van der Waals surface area (Å²) in [7, 11) is -3.12.